The number of carboxylic acids is 1. The predicted octanol–water partition coefficient (Wildman–Crippen LogP) is 6.27. The van der Waals surface area contributed by atoms with E-state index >= 15 is 0 Å². The first-order valence-electron chi connectivity index (χ1n) is 11.3. The molecular formula is C28H32N2O5S. The molecule has 0 unspecified atom stereocenters. The number of rotatable bonds is 8. The Morgan fingerprint density at radius 3 is 2.36 bits per heavy atom. The van der Waals surface area contributed by atoms with E-state index in [1.807, 2.05) is 0 Å². The molecule has 1 aliphatic carbocycles. The zero-order valence-corrected chi connectivity index (χ0v) is 22.0. The fraction of sp³-hybridized carbons (Fsp3) is 0.250. The van der Waals surface area contributed by atoms with Crippen LogP contribution in [-0.4, -0.2) is 34.3 Å². The molecule has 0 aromatic heterocycles. The highest BCUT2D eigenvalue weighted by molar-refractivity contribution is 7.78. The van der Waals surface area contributed by atoms with Crippen LogP contribution in [0.15, 0.2) is 64.0 Å². The number of aliphatic hydroxyl groups excluding tert-OH is 1. The van der Waals surface area contributed by atoms with Gasteiger partial charge in [-0.25, -0.2) is 4.79 Å². The standard InChI is InChI=1S/C22H19NO5.C6H13NS/c1-4-14(24)10-19-12(2)21(17-8-6-15(25)11-20(17)28-19)16-7-5-13(23-3)9-18(16)22(26)27;1-4-6(2,3)7-5-8/h4-11,23-24H,1H2,2-3H3,(H,26,27);5H,4H2,1-3H3,(H,7,8)/b14-10+;. The van der Waals surface area contributed by atoms with Crippen molar-refractivity contribution in [1.82, 2.24) is 5.32 Å². The zero-order valence-electron chi connectivity index (χ0n) is 21.1. The van der Waals surface area contributed by atoms with Crippen molar-refractivity contribution < 1.29 is 19.4 Å². The van der Waals surface area contributed by atoms with Gasteiger partial charge in [0.25, 0.3) is 0 Å². The van der Waals surface area contributed by atoms with Crippen molar-refractivity contribution in [2.75, 3.05) is 12.4 Å². The SMILES string of the molecule is C=C/C(O)=C\c1oc2cc(=O)ccc-2c(-c2ccc(NC)cc2C(=O)O)c1C.CCC(C)(C)NC=S. The maximum atomic E-state index is 11.9. The Hall–Kier alpha value is -3.91. The molecule has 1 aromatic rings. The summed E-state index contributed by atoms with van der Waals surface area (Å²) in [4.78, 5) is 23.7. The monoisotopic (exact) mass is 508 g/mol. The Kier molecular flexibility index (Phi) is 9.58. The van der Waals surface area contributed by atoms with Gasteiger partial charge in [0.15, 0.2) is 5.43 Å². The van der Waals surface area contributed by atoms with Crippen LogP contribution in [0.25, 0.3) is 28.5 Å². The zero-order chi connectivity index (χ0) is 27.0. The maximum Gasteiger partial charge on any atom is 0.336 e. The number of fused-ring (bicyclic) bond motifs is 1. The van der Waals surface area contributed by atoms with Gasteiger partial charge < -0.3 is 25.3 Å². The smallest absolute Gasteiger partial charge is 0.336 e. The van der Waals surface area contributed by atoms with Crippen molar-refractivity contribution in [1.29, 1.82) is 0 Å². The number of benzene rings is 2. The van der Waals surface area contributed by atoms with Gasteiger partial charge >= 0.3 is 5.97 Å². The quantitative estimate of drug-likeness (QED) is 0.160. The number of carbonyl (C=O) groups is 1. The van der Waals surface area contributed by atoms with Crippen LogP contribution in [0.4, 0.5) is 5.69 Å². The summed E-state index contributed by atoms with van der Waals surface area (Å²) < 4.78 is 5.81. The number of allylic oxidation sites excluding steroid dienone is 1. The third-order valence-electron chi connectivity index (χ3n) is 5.82. The molecular weight excluding hydrogens is 476 g/mol. The van der Waals surface area contributed by atoms with Crippen molar-refractivity contribution >= 4 is 35.4 Å². The number of nitrogens with one attached hydrogen (secondary N) is 2. The van der Waals surface area contributed by atoms with Gasteiger partial charge in [0.05, 0.1) is 11.1 Å². The molecule has 0 saturated carbocycles. The summed E-state index contributed by atoms with van der Waals surface area (Å²) in [7, 11) is 1.71. The van der Waals surface area contributed by atoms with Gasteiger partial charge in [-0.2, -0.15) is 0 Å². The highest BCUT2D eigenvalue weighted by Crippen LogP contribution is 2.40. The van der Waals surface area contributed by atoms with Crippen molar-refractivity contribution in [2.45, 2.75) is 39.7 Å². The minimum atomic E-state index is -1.08. The van der Waals surface area contributed by atoms with Crippen molar-refractivity contribution in [2.24, 2.45) is 0 Å². The molecule has 0 fully saturated rings. The molecule has 0 spiro atoms. The summed E-state index contributed by atoms with van der Waals surface area (Å²) in [6.07, 6.45) is 3.73. The lowest BCUT2D eigenvalue weighted by molar-refractivity contribution is 0.0697. The van der Waals surface area contributed by atoms with E-state index in [0.717, 1.165) is 6.42 Å². The third kappa shape index (κ3) is 6.82. The summed E-state index contributed by atoms with van der Waals surface area (Å²) in [5.41, 5.74) is 4.61. The van der Waals surface area contributed by atoms with E-state index in [1.165, 1.54) is 24.3 Å². The number of hydrogen-bond acceptors (Lipinski definition) is 6. The molecule has 190 valence electrons. The van der Waals surface area contributed by atoms with Gasteiger partial charge in [-0.3, -0.25) is 4.79 Å². The number of hydrogen-bond donors (Lipinski definition) is 4. The van der Waals surface area contributed by atoms with E-state index in [1.54, 1.807) is 43.7 Å². The predicted molar refractivity (Wildman–Crippen MR) is 150 cm³/mol. The van der Waals surface area contributed by atoms with Gasteiger partial charge in [-0.15, -0.1) is 0 Å². The molecule has 0 atom stereocenters. The van der Waals surface area contributed by atoms with Crippen LogP contribution >= 0.6 is 12.2 Å². The molecule has 8 heteroatoms. The number of aromatic carboxylic acids is 1. The van der Waals surface area contributed by atoms with Gasteiger partial charge in [0, 0.05) is 47.1 Å². The second-order valence-corrected chi connectivity index (χ2v) is 8.95. The molecule has 0 bridgehead atoms. The van der Waals surface area contributed by atoms with Crippen LogP contribution in [0.3, 0.4) is 0 Å². The summed E-state index contributed by atoms with van der Waals surface area (Å²) in [5, 5.41) is 25.6. The largest absolute Gasteiger partial charge is 0.508 e. The van der Waals surface area contributed by atoms with Crippen molar-refractivity contribution in [3.8, 4) is 22.5 Å². The molecule has 7 nitrogen and oxygen atoms in total. The van der Waals surface area contributed by atoms with Crippen LogP contribution in [-0.2, 0) is 0 Å². The van der Waals surface area contributed by atoms with Crippen molar-refractivity contribution in [3.63, 3.8) is 0 Å². The Morgan fingerprint density at radius 1 is 1.17 bits per heavy atom. The van der Waals surface area contributed by atoms with Crippen LogP contribution in [0, 0.1) is 6.92 Å². The molecule has 36 heavy (non-hydrogen) atoms. The molecule has 1 heterocycles. The molecule has 3 rings (SSSR count). The molecule has 0 radical (unpaired) electrons. The van der Waals surface area contributed by atoms with Gasteiger partial charge in [0.2, 0.25) is 0 Å². The van der Waals surface area contributed by atoms with E-state index in [4.69, 9.17) is 4.42 Å². The molecule has 0 amide bonds. The molecule has 4 N–H and O–H groups in total. The summed E-state index contributed by atoms with van der Waals surface area (Å²) in [5.74, 6) is -0.587. The topological polar surface area (TPSA) is 112 Å². The Balaban J connectivity index is 0.000000493. The first-order chi connectivity index (χ1) is 17.0. The Morgan fingerprint density at radius 2 is 1.83 bits per heavy atom. The summed E-state index contributed by atoms with van der Waals surface area (Å²) >= 11 is 4.63. The van der Waals surface area contributed by atoms with Crippen LogP contribution in [0.2, 0.25) is 0 Å². The van der Waals surface area contributed by atoms with E-state index in [2.05, 4.69) is 50.2 Å². The third-order valence-corrected chi connectivity index (χ3v) is 5.93. The Bertz CT molecular complexity index is 1320. The summed E-state index contributed by atoms with van der Waals surface area (Å²) in [6.45, 7) is 11.6. The minimum absolute atomic E-state index is 0.108. The van der Waals surface area contributed by atoms with Gasteiger partial charge in [-0.1, -0.05) is 31.8 Å². The highest BCUT2D eigenvalue weighted by atomic mass is 32.1. The number of aliphatic hydroxyl groups is 1. The average Bonchev–Trinajstić information content (AvgIpc) is 2.84. The van der Waals surface area contributed by atoms with E-state index in [0.29, 0.717) is 39.5 Å². The second-order valence-electron chi connectivity index (χ2n) is 8.71. The molecule has 1 aromatic carbocycles. The lowest BCUT2D eigenvalue weighted by Gasteiger charge is -2.21. The van der Waals surface area contributed by atoms with Crippen LogP contribution < -0.4 is 16.1 Å². The van der Waals surface area contributed by atoms with Gasteiger partial charge in [0.1, 0.15) is 17.3 Å². The van der Waals surface area contributed by atoms with Gasteiger partial charge in [-0.05, 0) is 63.1 Å². The number of anilines is 1. The first-order valence-corrected chi connectivity index (χ1v) is 11.8. The fourth-order valence-electron chi connectivity index (χ4n) is 3.35. The molecule has 1 aliphatic heterocycles. The van der Waals surface area contributed by atoms with E-state index in [9.17, 15) is 19.8 Å². The lowest BCUT2D eigenvalue weighted by atomic mass is 9.89. The maximum absolute atomic E-state index is 11.9. The average molecular weight is 509 g/mol. The molecule has 0 saturated heterocycles. The van der Waals surface area contributed by atoms with Crippen LogP contribution in [0.1, 0.15) is 48.9 Å². The fourth-order valence-corrected chi connectivity index (χ4v) is 3.67. The first kappa shape index (κ1) is 28.3. The van der Waals surface area contributed by atoms with Crippen molar-refractivity contribution in [3.05, 3.63) is 81.9 Å². The van der Waals surface area contributed by atoms with E-state index in [-0.39, 0.29) is 22.3 Å². The normalized spacial score (nSPS) is 11.3. The second kappa shape index (κ2) is 12.2. The molecule has 2 aliphatic rings. The lowest BCUT2D eigenvalue weighted by Crippen LogP contribution is -2.36. The van der Waals surface area contributed by atoms with Crippen LogP contribution in [0.5, 0.6) is 0 Å². The minimum Gasteiger partial charge on any atom is -0.508 e. The van der Waals surface area contributed by atoms with E-state index < -0.39 is 5.97 Å². The summed E-state index contributed by atoms with van der Waals surface area (Å²) in [6, 6.07) is 9.38. The number of thiocarbonyl (C=S) groups is 1. The highest BCUT2D eigenvalue weighted by Gasteiger charge is 2.23. The Labute approximate surface area is 216 Å². The number of carboxylic acid groups (broad SMARTS) is 1.